The molecular weight excluding hydrogens is 282 g/mol. The molecule has 0 fully saturated rings. The van der Waals surface area contributed by atoms with Gasteiger partial charge in [-0.3, -0.25) is 4.79 Å². The van der Waals surface area contributed by atoms with E-state index in [1.54, 1.807) is 0 Å². The molecule has 4 nitrogen and oxygen atoms in total. The minimum absolute atomic E-state index is 0.0344. The van der Waals surface area contributed by atoms with E-state index in [2.05, 4.69) is 32.7 Å². The van der Waals surface area contributed by atoms with Crippen molar-refractivity contribution in [1.29, 1.82) is 0 Å². The monoisotopic (exact) mass is 305 g/mol. The number of nitrogen functional groups attached to an aromatic ring is 1. The molecule has 0 amide bonds. The van der Waals surface area contributed by atoms with Crippen molar-refractivity contribution in [3.8, 4) is 11.3 Å². The van der Waals surface area contributed by atoms with Gasteiger partial charge in [0.1, 0.15) is 0 Å². The molecule has 0 unspecified atom stereocenters. The van der Waals surface area contributed by atoms with Gasteiger partial charge < -0.3 is 10.3 Å². The van der Waals surface area contributed by atoms with Crippen LogP contribution in [0.3, 0.4) is 0 Å². The summed E-state index contributed by atoms with van der Waals surface area (Å²) in [6.07, 6.45) is 0.988. The smallest absolute Gasteiger partial charge is 0.260 e. The van der Waals surface area contributed by atoms with Gasteiger partial charge >= 0.3 is 0 Å². The second-order valence-electron chi connectivity index (χ2n) is 6.04. The molecule has 5 heteroatoms. The Morgan fingerprint density at radius 3 is 2.52 bits per heavy atom. The maximum atomic E-state index is 12.8. The molecule has 2 aromatic rings. The zero-order chi connectivity index (χ0) is 15.6. The predicted octanol–water partition coefficient (Wildman–Crippen LogP) is 3.72. The van der Waals surface area contributed by atoms with E-state index in [1.165, 1.54) is 11.3 Å². The molecule has 2 N–H and O–H groups in total. The van der Waals surface area contributed by atoms with Crippen LogP contribution >= 0.6 is 11.3 Å². The third-order valence-electron chi connectivity index (χ3n) is 3.53. The number of pyridine rings is 1. The first-order chi connectivity index (χ1) is 9.90. The summed E-state index contributed by atoms with van der Waals surface area (Å²) in [6.45, 7) is 9.32. The van der Waals surface area contributed by atoms with E-state index < -0.39 is 0 Å². The predicted molar refractivity (Wildman–Crippen MR) is 89.8 cm³/mol. The summed E-state index contributed by atoms with van der Waals surface area (Å²) < 4.78 is 1.90. The molecule has 0 aromatic carbocycles. The lowest BCUT2D eigenvalue weighted by atomic mass is 10.1. The number of nitrogens with zero attached hydrogens (tertiary/aromatic N) is 2. The van der Waals surface area contributed by atoms with Crippen molar-refractivity contribution < 1.29 is 0 Å². The summed E-state index contributed by atoms with van der Waals surface area (Å²) in [5, 5.41) is 2.33. The van der Waals surface area contributed by atoms with E-state index >= 15 is 0 Å². The van der Waals surface area contributed by atoms with Crippen LogP contribution in [0.2, 0.25) is 0 Å². The molecule has 0 bridgehead atoms. The normalized spacial score (nSPS) is 11.5. The Bertz CT molecular complexity index is 670. The molecule has 0 aliphatic rings. The molecule has 0 saturated heterocycles. The minimum Gasteiger partial charge on any atom is -0.375 e. The summed E-state index contributed by atoms with van der Waals surface area (Å²) in [6, 6.07) is 3.91. The van der Waals surface area contributed by atoms with Crippen molar-refractivity contribution >= 4 is 16.5 Å². The van der Waals surface area contributed by atoms with Gasteiger partial charge in [0.15, 0.2) is 5.13 Å². The van der Waals surface area contributed by atoms with Gasteiger partial charge in [0.25, 0.3) is 5.56 Å². The summed E-state index contributed by atoms with van der Waals surface area (Å²) in [5.74, 6) is 0.884. The van der Waals surface area contributed by atoms with Crippen molar-refractivity contribution in [2.45, 2.75) is 46.6 Å². The number of aromatic nitrogens is 2. The highest BCUT2D eigenvalue weighted by molar-refractivity contribution is 7.13. The Kier molecular flexibility index (Phi) is 4.83. The zero-order valence-electron chi connectivity index (χ0n) is 13.1. The van der Waals surface area contributed by atoms with E-state index in [0.717, 1.165) is 18.7 Å². The van der Waals surface area contributed by atoms with Crippen molar-refractivity contribution in [2.75, 3.05) is 5.73 Å². The topological polar surface area (TPSA) is 60.9 Å². The highest BCUT2D eigenvalue weighted by atomic mass is 32.1. The third kappa shape index (κ3) is 3.53. The number of hydrogen-bond donors (Lipinski definition) is 1. The Morgan fingerprint density at radius 2 is 2.00 bits per heavy atom. The van der Waals surface area contributed by atoms with Gasteiger partial charge in [0.05, 0.1) is 11.3 Å². The highest BCUT2D eigenvalue weighted by Gasteiger charge is 2.14. The number of nitrogens with two attached hydrogens (primary N) is 1. The van der Waals surface area contributed by atoms with Crippen LogP contribution in [-0.4, -0.2) is 9.55 Å². The van der Waals surface area contributed by atoms with Gasteiger partial charge in [0.2, 0.25) is 0 Å². The standard InChI is InChI=1S/C16H23N3OS/c1-10(2)7-8-19-14(11(3)4)6-5-12(15(19)20)13-9-21-16(17)18-13/h5-6,9-11H,7-8H2,1-4H3,(H2,17,18). The first-order valence-corrected chi connectivity index (χ1v) is 8.23. The maximum Gasteiger partial charge on any atom is 0.260 e. The average molecular weight is 305 g/mol. The highest BCUT2D eigenvalue weighted by Crippen LogP contribution is 2.22. The first kappa shape index (κ1) is 15.8. The van der Waals surface area contributed by atoms with Gasteiger partial charge in [-0.2, -0.15) is 0 Å². The molecule has 114 valence electrons. The molecule has 2 rings (SSSR count). The zero-order valence-corrected chi connectivity index (χ0v) is 13.9. The Hall–Kier alpha value is -1.62. The fourth-order valence-corrected chi connectivity index (χ4v) is 2.88. The molecule has 2 aromatic heterocycles. The van der Waals surface area contributed by atoms with Crippen LogP contribution in [-0.2, 0) is 6.54 Å². The van der Waals surface area contributed by atoms with E-state index in [0.29, 0.717) is 28.2 Å². The van der Waals surface area contributed by atoms with Crippen LogP contribution in [0.4, 0.5) is 5.13 Å². The van der Waals surface area contributed by atoms with E-state index in [4.69, 9.17) is 5.73 Å². The number of hydrogen-bond acceptors (Lipinski definition) is 4. The van der Waals surface area contributed by atoms with Crippen LogP contribution in [0.5, 0.6) is 0 Å². The summed E-state index contributed by atoms with van der Waals surface area (Å²) in [5.41, 5.74) is 8.10. The van der Waals surface area contributed by atoms with Crippen molar-refractivity contribution in [3.63, 3.8) is 0 Å². The SMILES string of the molecule is CC(C)CCn1c(C(C)C)ccc(-c2csc(N)n2)c1=O. The van der Waals surface area contributed by atoms with Crippen LogP contribution < -0.4 is 11.3 Å². The quantitative estimate of drug-likeness (QED) is 0.915. The molecular formula is C16H23N3OS. The largest absolute Gasteiger partial charge is 0.375 e. The molecule has 0 saturated carbocycles. The Balaban J connectivity index is 2.50. The second-order valence-corrected chi connectivity index (χ2v) is 6.93. The van der Waals surface area contributed by atoms with E-state index in [9.17, 15) is 4.79 Å². The first-order valence-electron chi connectivity index (χ1n) is 7.35. The van der Waals surface area contributed by atoms with E-state index in [1.807, 2.05) is 22.1 Å². The number of anilines is 1. The van der Waals surface area contributed by atoms with Crippen LogP contribution in [0.1, 0.15) is 45.7 Å². The molecule has 0 spiro atoms. The number of thiazole rings is 1. The lowest BCUT2D eigenvalue weighted by Crippen LogP contribution is -2.26. The maximum absolute atomic E-state index is 12.8. The van der Waals surface area contributed by atoms with Crippen LogP contribution in [0, 0.1) is 5.92 Å². The van der Waals surface area contributed by atoms with Crippen LogP contribution in [0.25, 0.3) is 11.3 Å². The number of rotatable bonds is 5. The van der Waals surface area contributed by atoms with Gasteiger partial charge in [-0.25, -0.2) is 4.98 Å². The second kappa shape index (κ2) is 6.43. The molecule has 0 aliphatic carbocycles. The summed E-state index contributed by atoms with van der Waals surface area (Å²) in [7, 11) is 0. The molecule has 0 aliphatic heterocycles. The van der Waals surface area contributed by atoms with Crippen molar-refractivity contribution in [2.24, 2.45) is 5.92 Å². The van der Waals surface area contributed by atoms with Crippen molar-refractivity contribution in [1.82, 2.24) is 9.55 Å². The lowest BCUT2D eigenvalue weighted by Gasteiger charge is -2.17. The average Bonchev–Trinajstić information content (AvgIpc) is 2.83. The summed E-state index contributed by atoms with van der Waals surface area (Å²) in [4.78, 5) is 17.0. The minimum atomic E-state index is 0.0344. The summed E-state index contributed by atoms with van der Waals surface area (Å²) >= 11 is 1.36. The van der Waals surface area contributed by atoms with Gasteiger partial charge in [-0.05, 0) is 30.4 Å². The van der Waals surface area contributed by atoms with Gasteiger partial charge in [-0.15, -0.1) is 11.3 Å². The fourth-order valence-electron chi connectivity index (χ4n) is 2.32. The Morgan fingerprint density at radius 1 is 1.29 bits per heavy atom. The molecule has 0 atom stereocenters. The fraction of sp³-hybridized carbons (Fsp3) is 0.500. The third-order valence-corrected chi connectivity index (χ3v) is 4.20. The molecule has 2 heterocycles. The van der Waals surface area contributed by atoms with Gasteiger partial charge in [-0.1, -0.05) is 27.7 Å². The lowest BCUT2D eigenvalue weighted by molar-refractivity contribution is 0.491. The molecule has 21 heavy (non-hydrogen) atoms. The van der Waals surface area contributed by atoms with Crippen molar-refractivity contribution in [3.05, 3.63) is 33.6 Å². The molecule has 0 radical (unpaired) electrons. The Labute approximate surface area is 129 Å². The van der Waals surface area contributed by atoms with Crippen LogP contribution in [0.15, 0.2) is 22.3 Å². The van der Waals surface area contributed by atoms with Gasteiger partial charge in [0, 0.05) is 17.6 Å². The van der Waals surface area contributed by atoms with E-state index in [-0.39, 0.29) is 5.56 Å².